The van der Waals surface area contributed by atoms with Crippen LogP contribution in [0.3, 0.4) is 0 Å². The van der Waals surface area contributed by atoms with E-state index in [4.69, 9.17) is 19.4 Å². The van der Waals surface area contributed by atoms with Crippen molar-refractivity contribution in [2.75, 3.05) is 0 Å². The largest absolute Gasteiger partial charge is 0.454 e. The van der Waals surface area contributed by atoms with E-state index in [1.54, 1.807) is 0 Å². The van der Waals surface area contributed by atoms with E-state index in [9.17, 15) is 5.26 Å². The third kappa shape index (κ3) is 5.82. The van der Waals surface area contributed by atoms with Gasteiger partial charge in [0.1, 0.15) is 5.58 Å². The molecule has 0 radical (unpaired) electrons. The molecule has 0 amide bonds. The van der Waals surface area contributed by atoms with E-state index in [0.717, 1.165) is 93.6 Å². The number of benzene rings is 10. The molecular formula is C64H37N7O. The highest BCUT2D eigenvalue weighted by Crippen LogP contribution is 2.46. The van der Waals surface area contributed by atoms with Crippen LogP contribution in [0.4, 0.5) is 0 Å². The van der Waals surface area contributed by atoms with Gasteiger partial charge >= 0.3 is 0 Å². The van der Waals surface area contributed by atoms with Gasteiger partial charge in [-0.1, -0.05) is 152 Å². The second-order valence-electron chi connectivity index (χ2n) is 18.3. The summed E-state index contributed by atoms with van der Waals surface area (Å²) in [6.45, 7) is 0. The molecule has 334 valence electrons. The average molecular weight is 920 g/mol. The molecule has 0 aliphatic carbocycles. The van der Waals surface area contributed by atoms with Crippen LogP contribution in [0.5, 0.6) is 0 Å². The Bertz CT molecular complexity index is 4640. The minimum atomic E-state index is 0.385. The molecule has 15 aromatic rings. The zero-order chi connectivity index (χ0) is 47.4. The van der Waals surface area contributed by atoms with E-state index in [1.165, 1.54) is 10.8 Å². The minimum absolute atomic E-state index is 0.385. The van der Waals surface area contributed by atoms with Gasteiger partial charge in [0.2, 0.25) is 0 Å². The van der Waals surface area contributed by atoms with Crippen molar-refractivity contribution in [3.63, 3.8) is 0 Å². The zero-order valence-corrected chi connectivity index (χ0v) is 38.4. The Kier molecular flexibility index (Phi) is 8.55. The van der Waals surface area contributed by atoms with E-state index in [0.29, 0.717) is 39.8 Å². The van der Waals surface area contributed by atoms with E-state index in [2.05, 4.69) is 159 Å². The van der Waals surface area contributed by atoms with Gasteiger partial charge < -0.3 is 18.1 Å². The molecule has 0 bridgehead atoms. The van der Waals surface area contributed by atoms with Gasteiger partial charge in [-0.05, 0) is 72.8 Å². The predicted molar refractivity (Wildman–Crippen MR) is 291 cm³/mol. The molecule has 5 heterocycles. The Hall–Kier alpha value is -10.1. The van der Waals surface area contributed by atoms with Crippen LogP contribution in [0, 0.1) is 11.3 Å². The van der Waals surface area contributed by atoms with E-state index < -0.39 is 0 Å². The molecule has 0 N–H and O–H groups in total. The third-order valence-electron chi connectivity index (χ3n) is 14.3. The molecule has 0 spiro atoms. The van der Waals surface area contributed by atoms with Crippen molar-refractivity contribution in [1.82, 2.24) is 28.7 Å². The summed E-state index contributed by atoms with van der Waals surface area (Å²) < 4.78 is 14.1. The van der Waals surface area contributed by atoms with Gasteiger partial charge in [0.25, 0.3) is 0 Å². The monoisotopic (exact) mass is 919 g/mol. The molecule has 0 atom stereocenters. The number of rotatable bonds is 6. The summed E-state index contributed by atoms with van der Waals surface area (Å²) in [5.41, 5.74) is 13.3. The summed E-state index contributed by atoms with van der Waals surface area (Å²) in [7, 11) is 0. The number of fused-ring (bicyclic) bond motifs is 12. The molecule has 0 aliphatic rings. The molecule has 0 saturated carbocycles. The van der Waals surface area contributed by atoms with Crippen molar-refractivity contribution in [2.24, 2.45) is 0 Å². The summed E-state index contributed by atoms with van der Waals surface area (Å²) in [5, 5.41) is 19.9. The number of hydrogen-bond donors (Lipinski definition) is 0. The summed E-state index contributed by atoms with van der Waals surface area (Å²) in [6, 6.07) is 80.3. The van der Waals surface area contributed by atoms with Gasteiger partial charge in [-0.15, -0.1) is 0 Å². The number of nitrogens with zero attached hydrogens (tertiary/aromatic N) is 7. The first-order valence-electron chi connectivity index (χ1n) is 24.0. The molecule has 72 heavy (non-hydrogen) atoms. The van der Waals surface area contributed by atoms with E-state index in [-0.39, 0.29) is 0 Å². The molecule has 5 aromatic heterocycles. The lowest BCUT2D eigenvalue weighted by Gasteiger charge is -2.14. The van der Waals surface area contributed by atoms with E-state index in [1.807, 2.05) is 84.9 Å². The second kappa shape index (κ2) is 15.5. The zero-order valence-electron chi connectivity index (χ0n) is 38.4. The second-order valence-corrected chi connectivity index (χ2v) is 18.3. The number of hydrogen-bond acceptors (Lipinski definition) is 5. The molecule has 10 aromatic carbocycles. The Morgan fingerprint density at radius 1 is 0.361 bits per heavy atom. The molecule has 0 aliphatic heterocycles. The molecule has 0 fully saturated rings. The summed E-state index contributed by atoms with van der Waals surface area (Å²) in [4.78, 5) is 15.4. The van der Waals surface area contributed by atoms with Gasteiger partial charge in [0.15, 0.2) is 23.1 Å². The van der Waals surface area contributed by atoms with Crippen molar-refractivity contribution in [1.29, 1.82) is 5.26 Å². The van der Waals surface area contributed by atoms with Crippen LogP contribution in [0.15, 0.2) is 229 Å². The topological polar surface area (TPSA) is 90.4 Å². The van der Waals surface area contributed by atoms with Crippen molar-refractivity contribution in [3.05, 3.63) is 230 Å². The van der Waals surface area contributed by atoms with Crippen LogP contribution in [-0.4, -0.2) is 28.7 Å². The number of para-hydroxylation sites is 5. The third-order valence-corrected chi connectivity index (χ3v) is 14.3. The highest BCUT2D eigenvalue weighted by molar-refractivity contribution is 6.21. The van der Waals surface area contributed by atoms with Crippen molar-refractivity contribution < 1.29 is 4.42 Å². The van der Waals surface area contributed by atoms with Crippen LogP contribution < -0.4 is 0 Å². The summed E-state index contributed by atoms with van der Waals surface area (Å²) in [5.74, 6) is 1.40. The van der Waals surface area contributed by atoms with Gasteiger partial charge in [-0.2, -0.15) is 5.26 Å². The highest BCUT2D eigenvalue weighted by Gasteiger charge is 2.27. The Morgan fingerprint density at radius 3 is 1.43 bits per heavy atom. The number of aromatic nitrogens is 6. The Labute approximate surface area is 411 Å². The first-order valence-corrected chi connectivity index (χ1v) is 24.0. The van der Waals surface area contributed by atoms with Crippen LogP contribution in [0.25, 0.3) is 139 Å². The van der Waals surface area contributed by atoms with Crippen molar-refractivity contribution in [2.45, 2.75) is 0 Å². The van der Waals surface area contributed by atoms with Gasteiger partial charge in [0.05, 0.1) is 50.4 Å². The lowest BCUT2D eigenvalue weighted by molar-refractivity contribution is 0.666. The quantitative estimate of drug-likeness (QED) is 0.166. The molecule has 8 heteroatoms. The first-order chi connectivity index (χ1) is 35.7. The summed E-state index contributed by atoms with van der Waals surface area (Å²) in [6.07, 6.45) is 0. The van der Waals surface area contributed by atoms with Crippen LogP contribution >= 0.6 is 0 Å². The molecule has 8 nitrogen and oxygen atoms in total. The molecule has 15 rings (SSSR count). The normalized spacial score (nSPS) is 11.9. The Balaban J connectivity index is 1.08. The lowest BCUT2D eigenvalue weighted by atomic mass is 9.98. The SMILES string of the molecule is N#Cc1cc(-n2c3ccc(-n4c5ccccc5c5ccccc54)cc3c3cc4c(cc32)c2ccccc2n4-c2ccccc2)c2oc3ccccc3c2c1-c1nc(-c2ccccc2)nc(-c2ccccc2)n1. The Morgan fingerprint density at radius 2 is 0.819 bits per heavy atom. The van der Waals surface area contributed by atoms with Gasteiger partial charge in [0, 0.05) is 71.2 Å². The maximum Gasteiger partial charge on any atom is 0.166 e. The van der Waals surface area contributed by atoms with Crippen LogP contribution in [0.2, 0.25) is 0 Å². The highest BCUT2D eigenvalue weighted by atomic mass is 16.3. The lowest BCUT2D eigenvalue weighted by Crippen LogP contribution is -2.03. The average Bonchev–Trinajstić information content (AvgIpc) is 4.19. The molecule has 0 unspecified atom stereocenters. The maximum absolute atomic E-state index is 11.5. The fourth-order valence-corrected chi connectivity index (χ4v) is 11.2. The van der Waals surface area contributed by atoms with Crippen LogP contribution in [0.1, 0.15) is 5.56 Å². The smallest absolute Gasteiger partial charge is 0.166 e. The standard InChI is InChI=1S/C64H37N7O/c65-38-41-34-57(61-60(47-27-13-17-31-58(47)72-61)59(41)64-67-62(39-18-4-1-5-19-39)66-63(68-64)40-20-6-2-7-21-40)71-54-33-32-43(70-51-28-14-10-24-44(51)45-25-11-15-29-52(45)70)35-48(54)50-37-55-49(36-56(50)71)46-26-12-16-30-53(46)69(55)42-22-8-3-9-23-42/h1-37H. The van der Waals surface area contributed by atoms with Crippen LogP contribution in [-0.2, 0) is 0 Å². The number of furan rings is 1. The van der Waals surface area contributed by atoms with Crippen molar-refractivity contribution in [3.8, 4) is 57.3 Å². The van der Waals surface area contributed by atoms with E-state index >= 15 is 0 Å². The fourth-order valence-electron chi connectivity index (χ4n) is 11.2. The molecule has 0 saturated heterocycles. The number of nitriles is 1. The minimum Gasteiger partial charge on any atom is -0.454 e. The van der Waals surface area contributed by atoms with Gasteiger partial charge in [-0.25, -0.2) is 15.0 Å². The fraction of sp³-hybridized carbons (Fsp3) is 0. The predicted octanol–water partition coefficient (Wildman–Crippen LogP) is 15.9. The maximum atomic E-state index is 11.5. The summed E-state index contributed by atoms with van der Waals surface area (Å²) >= 11 is 0. The van der Waals surface area contributed by atoms with Gasteiger partial charge in [-0.3, -0.25) is 0 Å². The van der Waals surface area contributed by atoms with Crippen molar-refractivity contribution >= 4 is 87.4 Å². The molecular weight excluding hydrogens is 883 g/mol. The first kappa shape index (κ1) is 39.9.